The van der Waals surface area contributed by atoms with Gasteiger partial charge in [-0.1, -0.05) is 42.5 Å². The Hall–Kier alpha value is -2.54. The van der Waals surface area contributed by atoms with Crippen molar-refractivity contribution in [3.8, 4) is 10.4 Å². The fraction of sp³-hybridized carbons (Fsp3) is 0.333. The highest BCUT2D eigenvalue weighted by atomic mass is 32.1. The van der Waals surface area contributed by atoms with Gasteiger partial charge in [0.05, 0.1) is 11.5 Å². The Morgan fingerprint density at radius 3 is 2.68 bits per heavy atom. The zero-order chi connectivity index (χ0) is 18.0. The van der Waals surface area contributed by atoms with Gasteiger partial charge in [0.1, 0.15) is 0 Å². The number of aromatic nitrogens is 3. The first-order valence-corrected chi connectivity index (χ1v) is 8.97. The summed E-state index contributed by atoms with van der Waals surface area (Å²) in [7, 11) is 0. The van der Waals surface area contributed by atoms with Crippen LogP contribution in [0.2, 0.25) is 0 Å². The quantitative estimate of drug-likeness (QED) is 0.654. The van der Waals surface area contributed by atoms with E-state index < -0.39 is 12.0 Å². The van der Waals surface area contributed by atoms with Gasteiger partial charge in [-0.05, 0) is 31.9 Å². The van der Waals surface area contributed by atoms with Crippen LogP contribution in [0, 0.1) is 0 Å². The minimum Gasteiger partial charge on any atom is -0.461 e. The van der Waals surface area contributed by atoms with Gasteiger partial charge in [-0.3, -0.25) is 4.79 Å². The van der Waals surface area contributed by atoms with E-state index in [2.05, 4.69) is 10.3 Å². The van der Waals surface area contributed by atoms with Gasteiger partial charge >= 0.3 is 5.97 Å². The normalized spacial score (nSPS) is 13.6. The molecule has 3 aromatic rings. The summed E-state index contributed by atoms with van der Waals surface area (Å²) in [6.07, 6.45) is 0.511. The summed E-state index contributed by atoms with van der Waals surface area (Å²) in [6.45, 7) is 5.33. The lowest BCUT2D eigenvalue weighted by atomic mass is 10.2. The van der Waals surface area contributed by atoms with Crippen molar-refractivity contribution >= 4 is 27.5 Å². The third kappa shape index (κ3) is 3.46. The summed E-state index contributed by atoms with van der Waals surface area (Å²) in [5.74, 6) is -0.483. The van der Waals surface area contributed by atoms with E-state index in [1.54, 1.807) is 13.0 Å². The lowest BCUT2D eigenvalue weighted by Gasteiger charge is -2.15. The molecule has 0 saturated heterocycles. The number of fused-ring (bicyclic) bond motifs is 1. The highest BCUT2D eigenvalue weighted by Gasteiger charge is 2.23. The molecule has 130 valence electrons. The standard InChI is InChI=1S/C18H19N3O3S/c1-4-11(2)24-18(23)12(3)21-17(22)14-10-15(25-16(14)19-20-21)13-8-6-5-7-9-13/h5-12H,4H2,1-3H3/t11-,12+/m0/s1. The first-order chi connectivity index (χ1) is 12.0. The van der Waals surface area contributed by atoms with E-state index in [0.717, 1.165) is 15.1 Å². The van der Waals surface area contributed by atoms with Gasteiger partial charge in [0.15, 0.2) is 10.9 Å². The third-order valence-corrected chi connectivity index (χ3v) is 5.11. The largest absolute Gasteiger partial charge is 0.461 e. The van der Waals surface area contributed by atoms with Crippen molar-refractivity contribution in [2.75, 3.05) is 0 Å². The Kier molecular flexibility index (Phi) is 4.94. The molecule has 25 heavy (non-hydrogen) atoms. The minimum absolute atomic E-state index is 0.201. The first-order valence-electron chi connectivity index (χ1n) is 8.16. The average molecular weight is 357 g/mol. The number of ether oxygens (including phenoxy) is 1. The second kappa shape index (κ2) is 7.14. The number of carbonyl (C=O) groups excluding carboxylic acids is 1. The first kappa shape index (κ1) is 17.3. The van der Waals surface area contributed by atoms with Crippen molar-refractivity contribution in [3.05, 3.63) is 46.8 Å². The van der Waals surface area contributed by atoms with Gasteiger partial charge in [-0.15, -0.1) is 16.4 Å². The maximum atomic E-state index is 12.7. The summed E-state index contributed by atoms with van der Waals surface area (Å²) in [6, 6.07) is 10.8. The Bertz CT molecular complexity index is 949. The smallest absolute Gasteiger partial charge is 0.331 e. The lowest BCUT2D eigenvalue weighted by Crippen LogP contribution is -2.33. The van der Waals surface area contributed by atoms with Gasteiger partial charge in [0.2, 0.25) is 0 Å². The summed E-state index contributed by atoms with van der Waals surface area (Å²) in [5, 5.41) is 8.51. The minimum atomic E-state index is -0.821. The zero-order valence-electron chi connectivity index (χ0n) is 14.3. The predicted octanol–water partition coefficient (Wildman–Crippen LogP) is 3.42. The van der Waals surface area contributed by atoms with Crippen LogP contribution in [0.15, 0.2) is 41.2 Å². The summed E-state index contributed by atoms with van der Waals surface area (Å²) < 4.78 is 6.39. The number of nitrogens with zero attached hydrogens (tertiary/aromatic N) is 3. The molecule has 0 amide bonds. The molecule has 2 heterocycles. The second-order valence-electron chi connectivity index (χ2n) is 5.87. The number of rotatable bonds is 5. The van der Waals surface area contributed by atoms with E-state index in [1.807, 2.05) is 44.2 Å². The number of esters is 1. The van der Waals surface area contributed by atoms with Crippen LogP contribution in [-0.2, 0) is 9.53 Å². The molecule has 0 N–H and O–H groups in total. The van der Waals surface area contributed by atoms with E-state index in [9.17, 15) is 9.59 Å². The molecule has 0 fully saturated rings. The third-order valence-electron chi connectivity index (χ3n) is 4.04. The Morgan fingerprint density at radius 2 is 2.00 bits per heavy atom. The molecule has 0 radical (unpaired) electrons. The van der Waals surface area contributed by atoms with Crippen LogP contribution in [0.1, 0.15) is 33.2 Å². The van der Waals surface area contributed by atoms with Crippen LogP contribution in [-0.4, -0.2) is 27.1 Å². The van der Waals surface area contributed by atoms with Crippen LogP contribution >= 0.6 is 11.3 Å². The molecule has 0 aliphatic rings. The van der Waals surface area contributed by atoms with E-state index >= 15 is 0 Å². The van der Waals surface area contributed by atoms with Crippen molar-refractivity contribution in [1.29, 1.82) is 0 Å². The molecule has 0 bridgehead atoms. The Balaban J connectivity index is 1.97. The number of hydrogen-bond acceptors (Lipinski definition) is 6. The molecule has 0 unspecified atom stereocenters. The van der Waals surface area contributed by atoms with Crippen LogP contribution < -0.4 is 5.56 Å². The van der Waals surface area contributed by atoms with Crippen LogP contribution in [0.25, 0.3) is 20.7 Å². The Morgan fingerprint density at radius 1 is 1.28 bits per heavy atom. The topological polar surface area (TPSA) is 74.1 Å². The molecule has 0 aliphatic heterocycles. The molecule has 7 heteroatoms. The summed E-state index contributed by atoms with van der Waals surface area (Å²) in [5.41, 5.74) is 0.678. The molecule has 6 nitrogen and oxygen atoms in total. The van der Waals surface area contributed by atoms with E-state index in [-0.39, 0.29) is 11.7 Å². The fourth-order valence-electron chi connectivity index (χ4n) is 2.34. The zero-order valence-corrected chi connectivity index (χ0v) is 15.1. The van der Waals surface area contributed by atoms with Gasteiger partial charge < -0.3 is 4.74 Å². The van der Waals surface area contributed by atoms with Gasteiger partial charge in [-0.2, -0.15) is 4.68 Å². The molecular weight excluding hydrogens is 338 g/mol. The molecule has 0 aliphatic carbocycles. The summed E-state index contributed by atoms with van der Waals surface area (Å²) >= 11 is 1.40. The van der Waals surface area contributed by atoms with Crippen molar-refractivity contribution in [2.24, 2.45) is 0 Å². The monoisotopic (exact) mass is 357 g/mol. The second-order valence-corrected chi connectivity index (χ2v) is 6.90. The van der Waals surface area contributed by atoms with Crippen LogP contribution in [0.5, 0.6) is 0 Å². The lowest BCUT2D eigenvalue weighted by molar-refractivity contribution is -0.152. The van der Waals surface area contributed by atoms with Gasteiger partial charge in [-0.25, -0.2) is 4.79 Å². The number of carbonyl (C=O) groups is 1. The molecule has 2 atom stereocenters. The van der Waals surface area contributed by atoms with Gasteiger partial charge in [0.25, 0.3) is 5.56 Å². The SMILES string of the molecule is CC[C@H](C)OC(=O)[C@@H](C)n1nnc2sc(-c3ccccc3)cc2c1=O. The highest BCUT2D eigenvalue weighted by Crippen LogP contribution is 2.30. The van der Waals surface area contributed by atoms with Gasteiger partial charge in [0, 0.05) is 4.88 Å². The molecule has 1 aromatic carbocycles. The van der Waals surface area contributed by atoms with Crippen molar-refractivity contribution in [1.82, 2.24) is 15.0 Å². The Labute approximate surface area is 149 Å². The van der Waals surface area contributed by atoms with Crippen LogP contribution in [0.3, 0.4) is 0 Å². The number of benzene rings is 1. The fourth-order valence-corrected chi connectivity index (χ4v) is 3.31. The molecule has 2 aromatic heterocycles. The van der Waals surface area contributed by atoms with E-state index in [0.29, 0.717) is 16.6 Å². The van der Waals surface area contributed by atoms with Crippen molar-refractivity contribution in [2.45, 2.75) is 39.3 Å². The van der Waals surface area contributed by atoms with Crippen molar-refractivity contribution < 1.29 is 9.53 Å². The van der Waals surface area contributed by atoms with E-state index in [4.69, 9.17) is 4.74 Å². The molecule has 0 saturated carbocycles. The van der Waals surface area contributed by atoms with E-state index in [1.165, 1.54) is 11.3 Å². The number of hydrogen-bond donors (Lipinski definition) is 0. The number of thiophene rings is 1. The maximum absolute atomic E-state index is 12.7. The highest BCUT2D eigenvalue weighted by molar-refractivity contribution is 7.21. The molecule has 3 rings (SSSR count). The summed E-state index contributed by atoms with van der Waals surface area (Å²) in [4.78, 5) is 26.4. The molecular formula is C18H19N3O3S. The predicted molar refractivity (Wildman–Crippen MR) is 97.7 cm³/mol. The average Bonchev–Trinajstić information content (AvgIpc) is 3.07. The van der Waals surface area contributed by atoms with Crippen LogP contribution in [0.4, 0.5) is 0 Å². The molecule has 0 spiro atoms. The maximum Gasteiger partial charge on any atom is 0.331 e. The van der Waals surface area contributed by atoms with Crippen molar-refractivity contribution in [3.63, 3.8) is 0 Å².